The third-order valence-corrected chi connectivity index (χ3v) is 18.3. The van der Waals surface area contributed by atoms with E-state index < -0.39 is 49.5 Å². The zero-order valence-corrected chi connectivity index (χ0v) is 59.3. The molecule has 1 heterocycles. The maximum absolute atomic E-state index is 13.1. The standard InChI is InChI=1S/C80H147NO10/c1-3-5-7-9-11-13-15-43-48-52-56-60-64-68-76(85)89-69-65-61-57-53-49-45-42-40-38-36-34-32-30-28-26-24-22-20-18-16-17-19-21-23-25-27-29-31-33-35-37-39-41-44-47-51-55-59-63-67-75(84)81-72(71-90-80-79(88)78(87)77(86)74(70-82)91-80)73(83)66-62-58-54-50-46-14-12-10-8-6-4-2/h7,9,13,15-17,20,22,62,66,72-74,77-80,82-83,86-88H,3-6,8,10-12,14,18-19,21,23-61,63-65,67-71H2,1-2H3,(H,81,84)/b9-7-,15-13-,17-16-,22-20-,66-62+. The molecule has 1 aliphatic rings. The minimum atomic E-state index is -1.57. The average molecular weight is 1280 g/mol. The van der Waals surface area contributed by atoms with Crippen molar-refractivity contribution in [1.82, 2.24) is 5.32 Å². The normalized spacial score (nSPS) is 17.9. The van der Waals surface area contributed by atoms with Crippen molar-refractivity contribution in [3.63, 3.8) is 0 Å². The number of hydrogen-bond donors (Lipinski definition) is 6. The van der Waals surface area contributed by atoms with E-state index in [4.69, 9.17) is 14.2 Å². The Balaban J connectivity index is 1.89. The number of rotatable bonds is 69. The second-order valence-electron chi connectivity index (χ2n) is 27.1. The molecule has 0 spiro atoms. The molecule has 6 N–H and O–H groups in total. The Bertz CT molecular complexity index is 1700. The molecule has 0 aromatic heterocycles. The molecule has 11 heteroatoms. The molecule has 0 aliphatic carbocycles. The number of aliphatic hydroxyl groups is 5. The zero-order valence-electron chi connectivity index (χ0n) is 59.3. The topological polar surface area (TPSA) is 175 Å². The highest BCUT2D eigenvalue weighted by molar-refractivity contribution is 5.76. The van der Waals surface area contributed by atoms with Crippen LogP contribution in [0.2, 0.25) is 0 Å². The van der Waals surface area contributed by atoms with Crippen molar-refractivity contribution in [2.75, 3.05) is 19.8 Å². The smallest absolute Gasteiger partial charge is 0.305 e. The molecule has 532 valence electrons. The van der Waals surface area contributed by atoms with Crippen LogP contribution in [-0.4, -0.2) is 100 Å². The summed E-state index contributed by atoms with van der Waals surface area (Å²) in [6.45, 7) is 4.30. The lowest BCUT2D eigenvalue weighted by atomic mass is 9.99. The van der Waals surface area contributed by atoms with Crippen molar-refractivity contribution in [1.29, 1.82) is 0 Å². The Morgan fingerprint density at radius 1 is 0.407 bits per heavy atom. The molecule has 0 saturated carbocycles. The van der Waals surface area contributed by atoms with Crippen molar-refractivity contribution in [2.45, 2.75) is 416 Å². The van der Waals surface area contributed by atoms with E-state index >= 15 is 0 Å². The molecule has 7 unspecified atom stereocenters. The third-order valence-electron chi connectivity index (χ3n) is 18.3. The van der Waals surface area contributed by atoms with Gasteiger partial charge in [-0.25, -0.2) is 0 Å². The zero-order chi connectivity index (χ0) is 65.8. The highest BCUT2D eigenvalue weighted by atomic mass is 16.7. The largest absolute Gasteiger partial charge is 0.466 e. The van der Waals surface area contributed by atoms with Gasteiger partial charge in [-0.2, -0.15) is 0 Å². The molecule has 7 atom stereocenters. The molecular weight excluding hydrogens is 1130 g/mol. The van der Waals surface area contributed by atoms with Crippen molar-refractivity contribution < 1.29 is 49.3 Å². The number of amides is 1. The Hall–Kier alpha value is -2.64. The van der Waals surface area contributed by atoms with Gasteiger partial charge in [-0.05, 0) is 89.9 Å². The van der Waals surface area contributed by atoms with Gasteiger partial charge in [0.2, 0.25) is 5.91 Å². The van der Waals surface area contributed by atoms with Gasteiger partial charge < -0.3 is 45.1 Å². The Kier molecular flexibility index (Phi) is 65.2. The van der Waals surface area contributed by atoms with Crippen molar-refractivity contribution >= 4 is 11.9 Å². The highest BCUT2D eigenvalue weighted by Crippen LogP contribution is 2.24. The first-order valence-electron chi connectivity index (χ1n) is 39.1. The fourth-order valence-corrected chi connectivity index (χ4v) is 12.2. The van der Waals surface area contributed by atoms with Crippen LogP contribution in [0.25, 0.3) is 0 Å². The van der Waals surface area contributed by atoms with Gasteiger partial charge in [0.05, 0.1) is 32.0 Å². The van der Waals surface area contributed by atoms with E-state index in [2.05, 4.69) is 67.8 Å². The predicted octanol–water partition coefficient (Wildman–Crippen LogP) is 20.9. The van der Waals surface area contributed by atoms with Crippen LogP contribution in [0, 0.1) is 0 Å². The van der Waals surface area contributed by atoms with E-state index in [0.717, 1.165) is 70.6 Å². The number of ether oxygens (including phenoxy) is 3. The summed E-state index contributed by atoms with van der Waals surface area (Å²) in [6, 6.07) is -0.808. The first kappa shape index (κ1) is 86.4. The number of aliphatic hydroxyl groups excluding tert-OH is 5. The van der Waals surface area contributed by atoms with Crippen molar-refractivity contribution in [3.05, 3.63) is 60.8 Å². The van der Waals surface area contributed by atoms with E-state index in [-0.39, 0.29) is 18.5 Å². The summed E-state index contributed by atoms with van der Waals surface area (Å²) in [7, 11) is 0. The summed E-state index contributed by atoms with van der Waals surface area (Å²) < 4.78 is 16.7. The number of carbonyl (C=O) groups excluding carboxylic acids is 2. The van der Waals surface area contributed by atoms with Crippen LogP contribution in [0.15, 0.2) is 60.8 Å². The van der Waals surface area contributed by atoms with Crippen LogP contribution >= 0.6 is 0 Å². The van der Waals surface area contributed by atoms with E-state index in [1.165, 1.54) is 276 Å². The van der Waals surface area contributed by atoms with Crippen LogP contribution in [0.5, 0.6) is 0 Å². The summed E-state index contributed by atoms with van der Waals surface area (Å²) in [5.74, 6) is -0.179. The van der Waals surface area contributed by atoms with Crippen LogP contribution in [-0.2, 0) is 23.8 Å². The number of carbonyl (C=O) groups is 2. The van der Waals surface area contributed by atoms with Crippen LogP contribution in [0.4, 0.5) is 0 Å². The van der Waals surface area contributed by atoms with Crippen molar-refractivity contribution in [3.8, 4) is 0 Å². The van der Waals surface area contributed by atoms with Gasteiger partial charge in [0.1, 0.15) is 24.4 Å². The molecule has 1 fully saturated rings. The van der Waals surface area contributed by atoms with Gasteiger partial charge in [0, 0.05) is 12.8 Å². The Morgan fingerprint density at radius 2 is 0.758 bits per heavy atom. The molecular formula is C80H147NO10. The second kappa shape index (κ2) is 68.7. The summed E-state index contributed by atoms with van der Waals surface area (Å²) in [5, 5.41) is 54.5. The van der Waals surface area contributed by atoms with E-state index in [1.54, 1.807) is 6.08 Å². The van der Waals surface area contributed by atoms with Crippen LogP contribution in [0.3, 0.4) is 0 Å². The lowest BCUT2D eigenvalue weighted by molar-refractivity contribution is -0.302. The number of hydrogen-bond acceptors (Lipinski definition) is 10. The molecule has 0 radical (unpaired) electrons. The van der Waals surface area contributed by atoms with Crippen LogP contribution in [0.1, 0.15) is 373 Å². The van der Waals surface area contributed by atoms with Crippen molar-refractivity contribution in [2.24, 2.45) is 0 Å². The van der Waals surface area contributed by atoms with E-state index in [9.17, 15) is 35.1 Å². The minimum absolute atomic E-state index is 0.000894. The van der Waals surface area contributed by atoms with Gasteiger partial charge in [0.25, 0.3) is 0 Å². The molecule has 11 nitrogen and oxygen atoms in total. The molecule has 91 heavy (non-hydrogen) atoms. The lowest BCUT2D eigenvalue weighted by Crippen LogP contribution is -2.60. The van der Waals surface area contributed by atoms with Crippen LogP contribution < -0.4 is 5.32 Å². The minimum Gasteiger partial charge on any atom is -0.466 e. The number of esters is 1. The molecule has 1 rings (SSSR count). The second-order valence-corrected chi connectivity index (χ2v) is 27.1. The molecule has 0 aromatic carbocycles. The third kappa shape index (κ3) is 57.3. The summed E-state index contributed by atoms with van der Waals surface area (Å²) in [5.41, 5.74) is 0. The maximum atomic E-state index is 13.1. The Labute approximate surface area is 560 Å². The average Bonchev–Trinajstić information content (AvgIpc) is 1.26. The molecule has 0 bridgehead atoms. The fourth-order valence-electron chi connectivity index (χ4n) is 12.2. The molecule has 1 saturated heterocycles. The van der Waals surface area contributed by atoms with Gasteiger partial charge in [-0.15, -0.1) is 0 Å². The summed E-state index contributed by atoms with van der Waals surface area (Å²) in [6.07, 6.45) is 82.5. The maximum Gasteiger partial charge on any atom is 0.305 e. The van der Waals surface area contributed by atoms with Gasteiger partial charge in [-0.3, -0.25) is 9.59 Å². The van der Waals surface area contributed by atoms with Gasteiger partial charge in [-0.1, -0.05) is 331 Å². The number of unbranched alkanes of at least 4 members (excludes halogenated alkanes) is 47. The van der Waals surface area contributed by atoms with Gasteiger partial charge >= 0.3 is 5.97 Å². The first-order valence-corrected chi connectivity index (χ1v) is 39.1. The highest BCUT2D eigenvalue weighted by Gasteiger charge is 2.44. The Morgan fingerprint density at radius 3 is 1.15 bits per heavy atom. The molecule has 0 aromatic rings. The van der Waals surface area contributed by atoms with E-state index in [1.807, 2.05) is 6.08 Å². The monoisotopic (exact) mass is 1280 g/mol. The SMILES string of the molecule is CCC/C=C\C/C=C\CCCCCCCC(=O)OCCCCCCCCCCCCCCCCC/C=C\C/C=C\CCCCCCCCCCCCCCCCCCCC(=O)NC(COC1OC(CO)C(O)C(O)C1O)C(O)/C=C/CCCCCCCCCCC. The summed E-state index contributed by atoms with van der Waals surface area (Å²) >= 11 is 0. The predicted molar refractivity (Wildman–Crippen MR) is 384 cm³/mol. The lowest BCUT2D eigenvalue weighted by Gasteiger charge is -2.40. The fraction of sp³-hybridized carbons (Fsp3) is 0.850. The number of allylic oxidation sites excluding steroid dienone is 9. The van der Waals surface area contributed by atoms with Gasteiger partial charge in [0.15, 0.2) is 6.29 Å². The molecule has 1 aliphatic heterocycles. The summed E-state index contributed by atoms with van der Waals surface area (Å²) in [4.78, 5) is 25.1. The number of nitrogens with one attached hydrogen (secondary N) is 1. The first-order chi connectivity index (χ1) is 44.7. The van der Waals surface area contributed by atoms with E-state index in [0.29, 0.717) is 19.4 Å². The quantitative estimate of drug-likeness (QED) is 0.0195. The molecule has 1 amide bonds.